The lowest BCUT2D eigenvalue weighted by Gasteiger charge is -2.16. The van der Waals surface area contributed by atoms with Gasteiger partial charge in [0.25, 0.3) is 5.43 Å². The molecule has 6 heteroatoms. The Kier molecular flexibility index (Phi) is 2.60. The van der Waals surface area contributed by atoms with Crippen molar-refractivity contribution >= 4 is 23.2 Å². The van der Waals surface area contributed by atoms with Crippen LogP contribution in [0.2, 0.25) is 0 Å². The summed E-state index contributed by atoms with van der Waals surface area (Å²) in [5.41, 5.74) is -0.386. The molecule has 0 saturated carbocycles. The number of thiophene rings is 1. The molecule has 1 aliphatic heterocycles. The number of nitrogens with zero attached hydrogens (tertiary/aromatic N) is 1. The SMILES string of the molecule is CC1N=CC=C(c2ccc(-c3c(O)c(=O)c3=O)s2)N1. The molecule has 2 N–H and O–H groups in total. The van der Waals surface area contributed by atoms with Crippen LogP contribution in [0.25, 0.3) is 16.1 Å². The number of nitrogens with one attached hydrogen (secondary N) is 1. The van der Waals surface area contributed by atoms with Gasteiger partial charge in [-0.25, -0.2) is 0 Å². The first-order chi connectivity index (χ1) is 9.08. The zero-order valence-electron chi connectivity index (χ0n) is 10.0. The monoisotopic (exact) mass is 274 g/mol. The van der Waals surface area contributed by atoms with Crippen LogP contribution >= 0.6 is 11.3 Å². The summed E-state index contributed by atoms with van der Waals surface area (Å²) in [4.78, 5) is 28.1. The number of rotatable bonds is 2. The Balaban J connectivity index is 1.97. The highest BCUT2D eigenvalue weighted by Crippen LogP contribution is 2.33. The van der Waals surface area contributed by atoms with Gasteiger partial charge in [-0.1, -0.05) is 0 Å². The molecule has 1 aromatic carbocycles. The van der Waals surface area contributed by atoms with Gasteiger partial charge in [0.15, 0.2) is 5.75 Å². The maximum atomic E-state index is 11.4. The van der Waals surface area contributed by atoms with Gasteiger partial charge < -0.3 is 10.4 Å². The molecular formula is C13H10N2O3S. The van der Waals surface area contributed by atoms with E-state index in [1.54, 1.807) is 12.3 Å². The molecule has 5 nitrogen and oxygen atoms in total. The minimum atomic E-state index is -0.805. The number of aromatic hydroxyl groups is 1. The zero-order valence-corrected chi connectivity index (χ0v) is 10.8. The van der Waals surface area contributed by atoms with E-state index in [0.717, 1.165) is 10.6 Å². The summed E-state index contributed by atoms with van der Waals surface area (Å²) < 4.78 is 0. The maximum Gasteiger partial charge on any atom is 0.268 e. The molecule has 1 atom stereocenters. The Morgan fingerprint density at radius 3 is 2.68 bits per heavy atom. The van der Waals surface area contributed by atoms with Crippen molar-refractivity contribution in [1.29, 1.82) is 0 Å². The fourth-order valence-corrected chi connectivity index (χ4v) is 2.97. The van der Waals surface area contributed by atoms with Crippen molar-refractivity contribution in [3.05, 3.63) is 43.5 Å². The molecule has 0 spiro atoms. The van der Waals surface area contributed by atoms with Gasteiger partial charge in [-0.2, -0.15) is 0 Å². The normalized spacial score (nSPS) is 18.4. The molecule has 2 aromatic rings. The first-order valence-electron chi connectivity index (χ1n) is 5.71. The molecule has 2 heterocycles. The summed E-state index contributed by atoms with van der Waals surface area (Å²) in [6.07, 6.45) is 3.58. The number of hydrogen-bond acceptors (Lipinski definition) is 6. The van der Waals surface area contributed by atoms with E-state index in [0.29, 0.717) is 4.88 Å². The van der Waals surface area contributed by atoms with Gasteiger partial charge in [0.05, 0.1) is 16.1 Å². The summed E-state index contributed by atoms with van der Waals surface area (Å²) >= 11 is 1.35. The molecule has 3 rings (SSSR count). The first kappa shape index (κ1) is 11.9. The fraction of sp³-hybridized carbons (Fsp3) is 0.154. The Morgan fingerprint density at radius 1 is 1.26 bits per heavy atom. The molecule has 0 saturated heterocycles. The molecule has 19 heavy (non-hydrogen) atoms. The average Bonchev–Trinajstić information content (AvgIpc) is 2.88. The van der Waals surface area contributed by atoms with Gasteiger partial charge in [0, 0.05) is 11.1 Å². The zero-order chi connectivity index (χ0) is 13.6. The summed E-state index contributed by atoms with van der Waals surface area (Å²) in [6, 6.07) is 3.58. The number of hydrogen-bond donors (Lipinski definition) is 2. The predicted molar refractivity (Wildman–Crippen MR) is 75.4 cm³/mol. The van der Waals surface area contributed by atoms with Gasteiger partial charge >= 0.3 is 0 Å². The van der Waals surface area contributed by atoms with E-state index in [1.165, 1.54) is 11.3 Å². The van der Waals surface area contributed by atoms with E-state index in [4.69, 9.17) is 0 Å². The second kappa shape index (κ2) is 4.17. The van der Waals surface area contributed by atoms with Crippen molar-refractivity contribution in [2.75, 3.05) is 0 Å². The summed E-state index contributed by atoms with van der Waals surface area (Å²) in [5, 5.41) is 12.6. The molecule has 1 aliphatic rings. The molecule has 1 aromatic heterocycles. The van der Waals surface area contributed by atoms with E-state index in [-0.39, 0.29) is 11.7 Å². The lowest BCUT2D eigenvalue weighted by molar-refractivity contribution is 0.466. The first-order valence-corrected chi connectivity index (χ1v) is 6.52. The van der Waals surface area contributed by atoms with E-state index in [2.05, 4.69) is 10.3 Å². The predicted octanol–water partition coefficient (Wildman–Crippen LogP) is 1.08. The van der Waals surface area contributed by atoms with Gasteiger partial charge in [-0.15, -0.1) is 11.3 Å². The molecule has 0 bridgehead atoms. The third-order valence-corrected chi connectivity index (χ3v) is 4.05. The van der Waals surface area contributed by atoms with E-state index < -0.39 is 16.6 Å². The topological polar surface area (TPSA) is 78.8 Å². The Bertz CT molecular complexity index is 778. The van der Waals surface area contributed by atoms with Gasteiger partial charge in [-0.05, 0) is 25.1 Å². The highest BCUT2D eigenvalue weighted by molar-refractivity contribution is 7.16. The van der Waals surface area contributed by atoms with Crippen molar-refractivity contribution in [3.8, 4) is 16.2 Å². The number of allylic oxidation sites excluding steroid dienone is 1. The third kappa shape index (κ3) is 1.80. The summed E-state index contributed by atoms with van der Waals surface area (Å²) in [6.45, 7) is 1.93. The molecule has 0 radical (unpaired) electrons. The van der Waals surface area contributed by atoms with Crippen LogP contribution in [-0.2, 0) is 0 Å². The van der Waals surface area contributed by atoms with Crippen LogP contribution in [0.5, 0.6) is 5.75 Å². The lowest BCUT2D eigenvalue weighted by Crippen LogP contribution is -2.31. The largest absolute Gasteiger partial charge is 0.503 e. The second-order valence-electron chi connectivity index (χ2n) is 4.24. The molecule has 1 unspecified atom stereocenters. The van der Waals surface area contributed by atoms with E-state index in [1.807, 2.05) is 19.1 Å². The molecule has 0 amide bonds. The van der Waals surface area contributed by atoms with Crippen molar-refractivity contribution in [2.24, 2.45) is 4.99 Å². The highest BCUT2D eigenvalue weighted by atomic mass is 32.1. The van der Waals surface area contributed by atoms with E-state index >= 15 is 0 Å². The maximum absolute atomic E-state index is 11.4. The van der Waals surface area contributed by atoms with Gasteiger partial charge in [0.2, 0.25) is 5.43 Å². The second-order valence-corrected chi connectivity index (χ2v) is 5.33. The van der Waals surface area contributed by atoms with Crippen molar-refractivity contribution in [3.63, 3.8) is 0 Å². The van der Waals surface area contributed by atoms with Crippen LogP contribution in [0.15, 0.2) is 32.8 Å². The minimum Gasteiger partial charge on any atom is -0.503 e. The van der Waals surface area contributed by atoms with Crippen LogP contribution in [0, 0.1) is 0 Å². The quantitative estimate of drug-likeness (QED) is 0.803. The van der Waals surface area contributed by atoms with Crippen LogP contribution in [0.1, 0.15) is 11.8 Å². The van der Waals surface area contributed by atoms with Crippen LogP contribution in [-0.4, -0.2) is 17.5 Å². The molecule has 0 aliphatic carbocycles. The van der Waals surface area contributed by atoms with Crippen molar-refractivity contribution in [1.82, 2.24) is 5.32 Å². The van der Waals surface area contributed by atoms with Gasteiger partial charge in [0.1, 0.15) is 6.17 Å². The van der Waals surface area contributed by atoms with Gasteiger partial charge in [-0.3, -0.25) is 14.6 Å². The molecular weight excluding hydrogens is 264 g/mol. The Morgan fingerprint density at radius 2 is 2.00 bits per heavy atom. The van der Waals surface area contributed by atoms with Crippen molar-refractivity contribution in [2.45, 2.75) is 13.1 Å². The van der Waals surface area contributed by atoms with Crippen LogP contribution in [0.3, 0.4) is 0 Å². The number of aliphatic imine (C=N–C) groups is 1. The van der Waals surface area contributed by atoms with E-state index in [9.17, 15) is 14.7 Å². The molecule has 0 fully saturated rings. The third-order valence-electron chi connectivity index (χ3n) is 2.92. The Labute approximate surface area is 112 Å². The molecule has 96 valence electrons. The van der Waals surface area contributed by atoms with Crippen LogP contribution in [0.4, 0.5) is 0 Å². The fourth-order valence-electron chi connectivity index (χ4n) is 1.94. The summed E-state index contributed by atoms with van der Waals surface area (Å²) in [7, 11) is 0. The summed E-state index contributed by atoms with van der Waals surface area (Å²) in [5.74, 6) is -0.432. The minimum absolute atomic E-state index is 0.00470. The smallest absolute Gasteiger partial charge is 0.268 e. The average molecular weight is 274 g/mol. The standard InChI is InChI=1S/C13H10N2O3S/c1-6-14-5-4-7(15-6)8-2-3-9(19-8)10-11(16)13(18)12(10)17/h2-6,15-16H,1H3. The highest BCUT2D eigenvalue weighted by Gasteiger charge is 2.23. The van der Waals surface area contributed by atoms with Crippen molar-refractivity contribution < 1.29 is 5.11 Å². The lowest BCUT2D eigenvalue weighted by atomic mass is 10.1. The Hall–Kier alpha value is -2.21. The van der Waals surface area contributed by atoms with Crippen LogP contribution < -0.4 is 16.2 Å².